The van der Waals surface area contributed by atoms with E-state index in [1.807, 2.05) is 6.92 Å². The van der Waals surface area contributed by atoms with Gasteiger partial charge in [0, 0.05) is 0 Å². The van der Waals surface area contributed by atoms with Gasteiger partial charge in [-0.05, 0) is 6.42 Å². The van der Waals surface area contributed by atoms with Crippen LogP contribution in [0, 0.1) is 0 Å². The van der Waals surface area contributed by atoms with Crippen molar-refractivity contribution in [1.29, 1.82) is 0 Å². The highest BCUT2D eigenvalue weighted by Gasteiger charge is 2.24. The molecule has 0 heterocycles. The van der Waals surface area contributed by atoms with E-state index >= 15 is 0 Å². The first-order valence-corrected chi connectivity index (χ1v) is 5.77. The minimum Gasteiger partial charge on any atom is -0.481 e. The molecule has 0 spiro atoms. The maximum atomic E-state index is 11.6. The molecule has 104 valence electrons. The van der Waals surface area contributed by atoms with E-state index in [9.17, 15) is 14.4 Å². The van der Waals surface area contributed by atoms with Crippen LogP contribution in [0.1, 0.15) is 32.6 Å². The molecule has 0 aromatic carbocycles. The van der Waals surface area contributed by atoms with Crippen LogP contribution >= 0.6 is 0 Å². The molecule has 0 unspecified atom stereocenters. The Bertz CT molecular complexity index is 306. The number of unbranched alkanes of at least 4 members (excludes halogenated alkanes) is 1. The van der Waals surface area contributed by atoms with Crippen molar-refractivity contribution in [2.24, 2.45) is 5.73 Å². The standard InChI is InChI=1S/C11H20N2O5/c1-3-4-5-8(11(17)18-2)13-10(16)7(12)6-9(14)15/h7-8H,3-6,12H2,1-2H3,(H,13,16)(H,14,15)/t7-,8-/m1/s1. The Hall–Kier alpha value is -1.63. The van der Waals surface area contributed by atoms with Gasteiger partial charge in [-0.3, -0.25) is 9.59 Å². The van der Waals surface area contributed by atoms with Gasteiger partial charge in [0.05, 0.1) is 19.6 Å². The molecule has 0 rings (SSSR count). The molecule has 0 bridgehead atoms. The van der Waals surface area contributed by atoms with Gasteiger partial charge < -0.3 is 20.9 Å². The number of nitrogens with one attached hydrogen (secondary N) is 1. The van der Waals surface area contributed by atoms with Crippen LogP contribution in [0.25, 0.3) is 0 Å². The Morgan fingerprint density at radius 1 is 1.39 bits per heavy atom. The number of nitrogens with two attached hydrogens (primary N) is 1. The fourth-order valence-electron chi connectivity index (χ4n) is 1.36. The van der Waals surface area contributed by atoms with Crippen molar-refractivity contribution in [3.8, 4) is 0 Å². The molecule has 7 heteroatoms. The molecule has 18 heavy (non-hydrogen) atoms. The number of methoxy groups -OCH3 is 1. The van der Waals surface area contributed by atoms with Crippen molar-refractivity contribution in [2.75, 3.05) is 7.11 Å². The number of rotatable bonds is 8. The van der Waals surface area contributed by atoms with Crippen LogP contribution < -0.4 is 11.1 Å². The molecule has 2 atom stereocenters. The average molecular weight is 260 g/mol. The third-order valence-electron chi connectivity index (χ3n) is 2.38. The number of carbonyl (C=O) groups excluding carboxylic acids is 2. The lowest BCUT2D eigenvalue weighted by molar-refractivity contribution is -0.145. The van der Waals surface area contributed by atoms with E-state index in [-0.39, 0.29) is 0 Å². The molecule has 1 amide bonds. The lowest BCUT2D eigenvalue weighted by Crippen LogP contribution is -2.49. The number of aliphatic carboxylic acids is 1. The highest BCUT2D eigenvalue weighted by molar-refractivity contribution is 5.89. The minimum atomic E-state index is -1.17. The van der Waals surface area contributed by atoms with E-state index in [0.717, 1.165) is 12.8 Å². The summed E-state index contributed by atoms with van der Waals surface area (Å²) in [5.74, 6) is -2.39. The monoisotopic (exact) mass is 260 g/mol. The summed E-state index contributed by atoms with van der Waals surface area (Å²) in [6.07, 6.45) is 1.57. The van der Waals surface area contributed by atoms with Gasteiger partial charge in [-0.25, -0.2) is 4.79 Å². The highest BCUT2D eigenvalue weighted by atomic mass is 16.5. The normalized spacial score (nSPS) is 13.5. The molecular formula is C11H20N2O5. The van der Waals surface area contributed by atoms with Crippen molar-refractivity contribution in [1.82, 2.24) is 5.32 Å². The second-order valence-electron chi connectivity index (χ2n) is 3.93. The van der Waals surface area contributed by atoms with Crippen LogP contribution in [0.2, 0.25) is 0 Å². The van der Waals surface area contributed by atoms with E-state index in [0.29, 0.717) is 6.42 Å². The maximum Gasteiger partial charge on any atom is 0.328 e. The molecule has 0 radical (unpaired) electrons. The molecule has 0 aliphatic carbocycles. The topological polar surface area (TPSA) is 119 Å². The fraction of sp³-hybridized carbons (Fsp3) is 0.727. The quantitative estimate of drug-likeness (QED) is 0.513. The van der Waals surface area contributed by atoms with Gasteiger partial charge in [-0.15, -0.1) is 0 Å². The van der Waals surface area contributed by atoms with Crippen molar-refractivity contribution in [2.45, 2.75) is 44.7 Å². The Balaban J connectivity index is 4.42. The predicted molar refractivity (Wildman–Crippen MR) is 63.7 cm³/mol. The van der Waals surface area contributed by atoms with Crippen LogP contribution in [-0.4, -0.2) is 42.1 Å². The first kappa shape index (κ1) is 16.4. The van der Waals surface area contributed by atoms with Gasteiger partial charge in [-0.2, -0.15) is 0 Å². The Morgan fingerprint density at radius 3 is 2.44 bits per heavy atom. The Kier molecular flexibility index (Phi) is 7.69. The molecular weight excluding hydrogens is 240 g/mol. The zero-order valence-electron chi connectivity index (χ0n) is 10.6. The third kappa shape index (κ3) is 6.19. The molecule has 4 N–H and O–H groups in total. The molecule has 0 fully saturated rings. The second kappa shape index (κ2) is 8.46. The number of carboxylic acid groups (broad SMARTS) is 1. The van der Waals surface area contributed by atoms with Crippen molar-refractivity contribution in [3.63, 3.8) is 0 Å². The van der Waals surface area contributed by atoms with Crippen molar-refractivity contribution < 1.29 is 24.2 Å². The SMILES string of the molecule is CCCC[C@@H](NC(=O)[C@H](N)CC(=O)O)C(=O)OC. The van der Waals surface area contributed by atoms with Crippen LogP contribution in [0.3, 0.4) is 0 Å². The zero-order chi connectivity index (χ0) is 14.1. The van der Waals surface area contributed by atoms with E-state index in [4.69, 9.17) is 10.8 Å². The van der Waals surface area contributed by atoms with Gasteiger partial charge in [0.25, 0.3) is 0 Å². The lowest BCUT2D eigenvalue weighted by atomic mass is 10.1. The Labute approximate surface area is 106 Å². The van der Waals surface area contributed by atoms with Crippen molar-refractivity contribution in [3.05, 3.63) is 0 Å². The van der Waals surface area contributed by atoms with Gasteiger partial charge in [0.2, 0.25) is 5.91 Å². The highest BCUT2D eigenvalue weighted by Crippen LogP contribution is 2.03. The number of ether oxygens (including phenoxy) is 1. The molecule has 0 saturated heterocycles. The lowest BCUT2D eigenvalue weighted by Gasteiger charge is -2.18. The van der Waals surface area contributed by atoms with Crippen molar-refractivity contribution >= 4 is 17.8 Å². The van der Waals surface area contributed by atoms with E-state index in [2.05, 4.69) is 10.1 Å². The van der Waals surface area contributed by atoms with Gasteiger partial charge in [0.15, 0.2) is 0 Å². The number of hydrogen-bond acceptors (Lipinski definition) is 5. The largest absolute Gasteiger partial charge is 0.481 e. The predicted octanol–water partition coefficient (Wildman–Crippen LogP) is -0.364. The molecule has 0 aliphatic heterocycles. The summed E-state index contributed by atoms with van der Waals surface area (Å²) in [6, 6.07) is -1.95. The minimum absolute atomic E-state index is 0.439. The summed E-state index contributed by atoms with van der Waals surface area (Å²) in [7, 11) is 1.23. The summed E-state index contributed by atoms with van der Waals surface area (Å²) in [5, 5.41) is 10.9. The second-order valence-corrected chi connectivity index (χ2v) is 3.93. The summed E-state index contributed by atoms with van der Waals surface area (Å²) in [6.45, 7) is 1.95. The summed E-state index contributed by atoms with van der Waals surface area (Å²) in [4.78, 5) is 33.4. The first-order chi connectivity index (χ1) is 8.42. The third-order valence-corrected chi connectivity index (χ3v) is 2.38. The molecule has 7 nitrogen and oxygen atoms in total. The van der Waals surface area contributed by atoms with Gasteiger partial charge >= 0.3 is 11.9 Å². The van der Waals surface area contributed by atoms with Crippen LogP contribution in [0.15, 0.2) is 0 Å². The van der Waals surface area contributed by atoms with Gasteiger partial charge in [-0.1, -0.05) is 19.8 Å². The maximum absolute atomic E-state index is 11.6. The molecule has 0 aromatic rings. The van der Waals surface area contributed by atoms with Crippen LogP contribution in [0.4, 0.5) is 0 Å². The average Bonchev–Trinajstić information content (AvgIpc) is 2.32. The zero-order valence-corrected chi connectivity index (χ0v) is 10.6. The molecule has 0 saturated carbocycles. The summed E-state index contributed by atoms with van der Waals surface area (Å²) >= 11 is 0. The fourth-order valence-corrected chi connectivity index (χ4v) is 1.36. The number of amides is 1. The Morgan fingerprint density at radius 2 is 2.00 bits per heavy atom. The van der Waals surface area contributed by atoms with E-state index in [1.165, 1.54) is 7.11 Å². The number of esters is 1. The van der Waals surface area contributed by atoms with Gasteiger partial charge in [0.1, 0.15) is 6.04 Å². The summed E-state index contributed by atoms with van der Waals surface area (Å²) < 4.78 is 4.56. The number of carboxylic acids is 1. The molecule has 0 aliphatic rings. The summed E-state index contributed by atoms with van der Waals surface area (Å²) in [5.41, 5.74) is 5.39. The van der Waals surface area contributed by atoms with E-state index < -0.39 is 36.4 Å². The number of hydrogen-bond donors (Lipinski definition) is 3. The van der Waals surface area contributed by atoms with Crippen LogP contribution in [-0.2, 0) is 19.1 Å². The smallest absolute Gasteiger partial charge is 0.328 e. The number of carbonyl (C=O) groups is 3. The first-order valence-electron chi connectivity index (χ1n) is 5.77. The molecule has 0 aromatic heterocycles. The van der Waals surface area contributed by atoms with E-state index in [1.54, 1.807) is 0 Å². The van der Waals surface area contributed by atoms with Crippen LogP contribution in [0.5, 0.6) is 0 Å².